The molecular formula is C21H27ClN6. The molecule has 0 saturated carbocycles. The van der Waals surface area contributed by atoms with Crippen LogP contribution in [0.2, 0.25) is 5.02 Å². The lowest BCUT2D eigenvalue weighted by Crippen LogP contribution is -2.30. The Hall–Kier alpha value is -2.31. The van der Waals surface area contributed by atoms with E-state index in [9.17, 15) is 0 Å². The summed E-state index contributed by atoms with van der Waals surface area (Å²) < 4.78 is 2.33. The van der Waals surface area contributed by atoms with E-state index in [4.69, 9.17) is 16.6 Å². The number of nitrogens with zero attached hydrogens (tertiary/aromatic N) is 3. The average molecular weight is 399 g/mol. The summed E-state index contributed by atoms with van der Waals surface area (Å²) in [7, 11) is 0. The minimum Gasteiger partial charge on any atom is -0.365 e. The predicted octanol–water partition coefficient (Wildman–Crippen LogP) is 4.96. The second-order valence-corrected chi connectivity index (χ2v) is 8.79. The molecule has 1 aliphatic heterocycles. The van der Waals surface area contributed by atoms with Gasteiger partial charge < -0.3 is 20.5 Å². The molecule has 0 radical (unpaired) electrons. The number of imidazole rings is 1. The lowest BCUT2D eigenvalue weighted by Gasteiger charge is -2.26. The zero-order valence-electron chi connectivity index (χ0n) is 16.6. The molecule has 1 aromatic carbocycles. The first-order valence-electron chi connectivity index (χ1n) is 9.78. The van der Waals surface area contributed by atoms with Gasteiger partial charge in [-0.15, -0.1) is 0 Å². The van der Waals surface area contributed by atoms with Crippen molar-refractivity contribution in [1.82, 2.24) is 19.9 Å². The molecule has 0 bridgehead atoms. The van der Waals surface area contributed by atoms with Crippen LogP contribution in [0.1, 0.15) is 39.7 Å². The molecule has 4 rings (SSSR count). The molecule has 0 unspecified atom stereocenters. The molecule has 7 heteroatoms. The Morgan fingerprint density at radius 3 is 2.54 bits per heavy atom. The lowest BCUT2D eigenvalue weighted by atomic mass is 10.1. The van der Waals surface area contributed by atoms with Crippen LogP contribution >= 0.6 is 11.6 Å². The number of hydrogen-bond donors (Lipinski definition) is 3. The SMILES string of the molecule is CC(C)(C)Nc1cc2c(cn1)nc(Nc1ccc(Cl)cc1)n2C1CCNCC1. The minimum atomic E-state index is -0.0509. The van der Waals surface area contributed by atoms with E-state index in [1.54, 1.807) is 0 Å². The maximum absolute atomic E-state index is 6.03. The van der Waals surface area contributed by atoms with Gasteiger partial charge in [-0.2, -0.15) is 0 Å². The number of pyridine rings is 1. The van der Waals surface area contributed by atoms with Gasteiger partial charge in [-0.25, -0.2) is 9.97 Å². The first-order chi connectivity index (χ1) is 13.4. The highest BCUT2D eigenvalue weighted by molar-refractivity contribution is 6.30. The van der Waals surface area contributed by atoms with Gasteiger partial charge in [-0.3, -0.25) is 0 Å². The van der Waals surface area contributed by atoms with E-state index in [2.05, 4.69) is 52.3 Å². The highest BCUT2D eigenvalue weighted by atomic mass is 35.5. The summed E-state index contributed by atoms with van der Waals surface area (Å²) in [5.41, 5.74) is 2.92. The van der Waals surface area contributed by atoms with E-state index in [0.29, 0.717) is 6.04 Å². The van der Waals surface area contributed by atoms with Crippen molar-refractivity contribution in [3.63, 3.8) is 0 Å². The van der Waals surface area contributed by atoms with Crippen LogP contribution in [0.5, 0.6) is 0 Å². The first-order valence-corrected chi connectivity index (χ1v) is 10.2. The predicted molar refractivity (Wildman–Crippen MR) is 117 cm³/mol. The molecule has 0 spiro atoms. The summed E-state index contributed by atoms with van der Waals surface area (Å²) in [4.78, 5) is 9.42. The Bertz CT molecular complexity index is 951. The highest BCUT2D eigenvalue weighted by Gasteiger charge is 2.22. The summed E-state index contributed by atoms with van der Waals surface area (Å²) in [6.07, 6.45) is 4.00. The number of halogens is 1. The van der Waals surface area contributed by atoms with Crippen LogP contribution in [-0.2, 0) is 0 Å². The third kappa shape index (κ3) is 4.23. The van der Waals surface area contributed by atoms with Gasteiger partial charge in [0.1, 0.15) is 11.3 Å². The van der Waals surface area contributed by atoms with E-state index in [-0.39, 0.29) is 5.54 Å². The van der Waals surface area contributed by atoms with Crippen LogP contribution in [0.25, 0.3) is 11.0 Å². The Balaban J connectivity index is 1.77. The van der Waals surface area contributed by atoms with Crippen LogP contribution < -0.4 is 16.0 Å². The van der Waals surface area contributed by atoms with Crippen LogP contribution in [0.15, 0.2) is 36.5 Å². The van der Waals surface area contributed by atoms with Gasteiger partial charge >= 0.3 is 0 Å². The number of rotatable bonds is 4. The Kier molecular flexibility index (Phi) is 5.17. The Morgan fingerprint density at radius 2 is 1.86 bits per heavy atom. The van der Waals surface area contributed by atoms with Crippen molar-refractivity contribution in [3.8, 4) is 0 Å². The van der Waals surface area contributed by atoms with Gasteiger partial charge in [-0.1, -0.05) is 11.6 Å². The van der Waals surface area contributed by atoms with Gasteiger partial charge in [-0.05, 0) is 71.0 Å². The molecule has 0 aliphatic carbocycles. The van der Waals surface area contributed by atoms with Gasteiger partial charge in [0, 0.05) is 28.4 Å². The van der Waals surface area contributed by atoms with E-state index < -0.39 is 0 Å². The van der Waals surface area contributed by atoms with Crippen LogP contribution in [0.3, 0.4) is 0 Å². The molecule has 3 N–H and O–H groups in total. The van der Waals surface area contributed by atoms with Gasteiger partial charge in [0.25, 0.3) is 0 Å². The van der Waals surface area contributed by atoms with Gasteiger partial charge in [0.2, 0.25) is 5.95 Å². The number of aromatic nitrogens is 3. The second-order valence-electron chi connectivity index (χ2n) is 8.35. The molecule has 1 saturated heterocycles. The first kappa shape index (κ1) is 19.0. The molecule has 6 nitrogen and oxygen atoms in total. The molecule has 3 aromatic rings. The summed E-state index contributed by atoms with van der Waals surface area (Å²) in [5, 5.41) is 11.1. The molecule has 1 fully saturated rings. The number of fused-ring (bicyclic) bond motifs is 1. The van der Waals surface area contributed by atoms with Gasteiger partial charge in [0.05, 0.1) is 11.7 Å². The Labute approximate surface area is 170 Å². The maximum Gasteiger partial charge on any atom is 0.208 e. The van der Waals surface area contributed by atoms with E-state index in [0.717, 1.165) is 59.4 Å². The van der Waals surface area contributed by atoms with Crippen molar-refractivity contribution in [2.45, 2.75) is 45.2 Å². The molecular weight excluding hydrogens is 372 g/mol. The monoisotopic (exact) mass is 398 g/mol. The fourth-order valence-electron chi connectivity index (χ4n) is 3.64. The topological polar surface area (TPSA) is 66.8 Å². The zero-order valence-corrected chi connectivity index (χ0v) is 17.3. The molecule has 3 heterocycles. The van der Waals surface area contributed by atoms with Crippen LogP contribution in [0, 0.1) is 0 Å². The summed E-state index contributed by atoms with van der Waals surface area (Å²) in [6.45, 7) is 8.44. The quantitative estimate of drug-likeness (QED) is 0.579. The van der Waals surface area contributed by atoms with E-state index >= 15 is 0 Å². The molecule has 0 amide bonds. The number of piperidine rings is 1. The number of hydrogen-bond acceptors (Lipinski definition) is 5. The van der Waals surface area contributed by atoms with Crippen LogP contribution in [-0.4, -0.2) is 33.2 Å². The summed E-state index contributed by atoms with van der Waals surface area (Å²) in [5.74, 6) is 1.71. The molecule has 148 valence electrons. The smallest absolute Gasteiger partial charge is 0.208 e. The summed E-state index contributed by atoms with van der Waals surface area (Å²) >= 11 is 6.03. The summed E-state index contributed by atoms with van der Waals surface area (Å²) in [6, 6.07) is 10.2. The maximum atomic E-state index is 6.03. The van der Waals surface area contributed by atoms with Crippen molar-refractivity contribution in [2.24, 2.45) is 0 Å². The molecule has 1 aliphatic rings. The van der Waals surface area contributed by atoms with Crippen molar-refractivity contribution in [2.75, 3.05) is 23.7 Å². The molecule has 0 atom stereocenters. The van der Waals surface area contributed by atoms with Crippen molar-refractivity contribution in [1.29, 1.82) is 0 Å². The Morgan fingerprint density at radius 1 is 1.14 bits per heavy atom. The molecule has 2 aromatic heterocycles. The lowest BCUT2D eigenvalue weighted by molar-refractivity contribution is 0.378. The van der Waals surface area contributed by atoms with Gasteiger partial charge in [0.15, 0.2) is 0 Å². The highest BCUT2D eigenvalue weighted by Crippen LogP contribution is 2.32. The van der Waals surface area contributed by atoms with Crippen molar-refractivity contribution in [3.05, 3.63) is 41.6 Å². The second kappa shape index (κ2) is 7.60. The minimum absolute atomic E-state index is 0.0509. The largest absolute Gasteiger partial charge is 0.365 e. The fourth-order valence-corrected chi connectivity index (χ4v) is 3.76. The third-order valence-electron chi connectivity index (χ3n) is 4.85. The standard InChI is InChI=1S/C21H27ClN6/c1-21(2,3)27-19-12-18-17(13-24-19)26-20(25-15-6-4-14(22)5-7-15)28(18)16-8-10-23-11-9-16/h4-7,12-13,16,23H,8-11H2,1-3H3,(H,24,27)(H,25,26). The number of benzene rings is 1. The third-order valence-corrected chi connectivity index (χ3v) is 5.11. The number of nitrogens with one attached hydrogen (secondary N) is 3. The van der Waals surface area contributed by atoms with Crippen molar-refractivity contribution < 1.29 is 0 Å². The molecule has 28 heavy (non-hydrogen) atoms. The fraction of sp³-hybridized carbons (Fsp3) is 0.429. The van der Waals surface area contributed by atoms with E-state index in [1.807, 2.05) is 30.5 Å². The van der Waals surface area contributed by atoms with Crippen LogP contribution in [0.4, 0.5) is 17.5 Å². The average Bonchev–Trinajstić information content (AvgIpc) is 3.00. The van der Waals surface area contributed by atoms with Crippen molar-refractivity contribution >= 4 is 40.1 Å². The van der Waals surface area contributed by atoms with E-state index in [1.165, 1.54) is 0 Å². The zero-order chi connectivity index (χ0) is 19.7. The number of anilines is 3. The normalized spacial score (nSPS) is 15.7.